The van der Waals surface area contributed by atoms with E-state index < -0.39 is 0 Å². The van der Waals surface area contributed by atoms with E-state index in [4.69, 9.17) is 14.5 Å². The second-order valence-electron chi connectivity index (χ2n) is 5.44. The van der Waals surface area contributed by atoms with Crippen molar-refractivity contribution < 1.29 is 20.6 Å². The van der Waals surface area contributed by atoms with Gasteiger partial charge in [0.15, 0.2) is 0 Å². The molecule has 0 spiro atoms. The Morgan fingerprint density at radius 3 is 1.65 bits per heavy atom. The first-order valence-electron chi connectivity index (χ1n) is 7.70. The molecule has 8 heteroatoms. The molecule has 0 radical (unpaired) electrons. The fourth-order valence-electron chi connectivity index (χ4n) is 2.68. The summed E-state index contributed by atoms with van der Waals surface area (Å²) < 4.78 is 10.8. The molecule has 5 nitrogen and oxygen atoms in total. The summed E-state index contributed by atoms with van der Waals surface area (Å²) in [6.45, 7) is 9.26. The Balaban J connectivity index is 0.000000595. The van der Waals surface area contributed by atoms with E-state index in [1.54, 1.807) is 0 Å². The van der Waals surface area contributed by atoms with Crippen molar-refractivity contribution in [3.8, 4) is 0 Å². The average Bonchev–Trinajstić information content (AvgIpc) is 2.58. The molecule has 0 bridgehead atoms. The molecule has 0 N–H and O–H groups in total. The van der Waals surface area contributed by atoms with Gasteiger partial charge in [-0.15, -0.1) is 0 Å². The Morgan fingerprint density at radius 1 is 0.870 bits per heavy atom. The quantitative estimate of drug-likeness (QED) is 0.641. The number of ether oxygens (including phenoxy) is 2. The smallest absolute Gasteiger partial charge is 0.0594 e. The summed E-state index contributed by atoms with van der Waals surface area (Å²) in [4.78, 5) is 9.61. The minimum atomic E-state index is 0.841. The predicted molar refractivity (Wildman–Crippen MR) is 94.3 cm³/mol. The van der Waals surface area contributed by atoms with Crippen LogP contribution in [0, 0.1) is 0 Å². The zero-order chi connectivity index (χ0) is 16.3. The van der Waals surface area contributed by atoms with Crippen LogP contribution in [-0.4, -0.2) is 67.4 Å². The molecule has 2 aliphatic rings. The number of rotatable bonds is 4. The zero-order valence-corrected chi connectivity index (χ0v) is 17.3. The molecule has 133 valence electrons. The van der Waals surface area contributed by atoms with Crippen LogP contribution < -0.4 is 0 Å². The molecular formula is C15H23Br2CoN3O2. The normalized spacial score (nSPS) is 20.1. The van der Waals surface area contributed by atoms with Gasteiger partial charge >= 0.3 is 39.5 Å². The van der Waals surface area contributed by atoms with Crippen molar-refractivity contribution in [1.29, 1.82) is 0 Å². The largest absolute Gasteiger partial charge is 0.379 e. The van der Waals surface area contributed by atoms with Crippen LogP contribution in [0.4, 0.5) is 0 Å². The van der Waals surface area contributed by atoms with Crippen LogP contribution in [0.15, 0.2) is 18.2 Å². The van der Waals surface area contributed by atoms with Gasteiger partial charge in [0.05, 0.1) is 37.8 Å². The Kier molecular flexibility index (Phi) is 10.2. The summed E-state index contributed by atoms with van der Waals surface area (Å²) in [6.07, 6.45) is 0. The second kappa shape index (κ2) is 11.9. The summed E-state index contributed by atoms with van der Waals surface area (Å²) >= 11 is 7.12. The molecule has 3 heterocycles. The Hall–Kier alpha value is 0.456. The van der Waals surface area contributed by atoms with Gasteiger partial charge < -0.3 is 9.47 Å². The topological polar surface area (TPSA) is 37.8 Å². The van der Waals surface area contributed by atoms with Crippen LogP contribution in [0.25, 0.3) is 0 Å². The molecule has 0 aromatic carbocycles. The third-order valence-corrected chi connectivity index (χ3v) is 3.84. The summed E-state index contributed by atoms with van der Waals surface area (Å²) in [5.74, 6) is 0. The number of nitrogens with zero attached hydrogens (tertiary/aromatic N) is 3. The first-order valence-corrected chi connectivity index (χ1v) is 12.8. The SMILES string of the molecule is [Br][Co][Br].c1cc(CN2CCOCC2)nc(CN2CCOCC2)c1. The molecule has 1 aromatic rings. The Labute approximate surface area is 158 Å². The summed E-state index contributed by atoms with van der Waals surface area (Å²) in [5.41, 5.74) is 2.33. The van der Waals surface area contributed by atoms with Crippen LogP contribution in [0.3, 0.4) is 0 Å². The van der Waals surface area contributed by atoms with Gasteiger partial charge in [0.25, 0.3) is 0 Å². The van der Waals surface area contributed by atoms with E-state index in [0.29, 0.717) is 0 Å². The van der Waals surface area contributed by atoms with Crippen molar-refractivity contribution >= 4 is 28.3 Å². The molecule has 2 aliphatic heterocycles. The van der Waals surface area contributed by atoms with Crippen molar-refractivity contribution in [2.24, 2.45) is 0 Å². The number of halogens is 2. The van der Waals surface area contributed by atoms with E-state index in [-0.39, 0.29) is 0 Å². The summed E-state index contributed by atoms with van der Waals surface area (Å²) in [6, 6.07) is 6.37. The van der Waals surface area contributed by atoms with Gasteiger partial charge in [-0.05, 0) is 12.1 Å². The van der Waals surface area contributed by atoms with E-state index in [1.165, 1.54) is 0 Å². The number of morpholine rings is 2. The first-order chi connectivity index (χ1) is 11.3. The fraction of sp³-hybridized carbons (Fsp3) is 0.667. The van der Waals surface area contributed by atoms with Gasteiger partial charge in [-0.2, -0.15) is 0 Å². The number of hydrogen-bond donors (Lipinski definition) is 0. The molecular weight excluding hydrogens is 473 g/mol. The van der Waals surface area contributed by atoms with Gasteiger partial charge in [0.1, 0.15) is 0 Å². The third kappa shape index (κ3) is 7.92. The van der Waals surface area contributed by atoms with Crippen LogP contribution in [-0.2, 0) is 33.7 Å². The van der Waals surface area contributed by atoms with Crippen molar-refractivity contribution in [1.82, 2.24) is 14.8 Å². The molecule has 2 saturated heterocycles. The van der Waals surface area contributed by atoms with Gasteiger partial charge in [-0.1, -0.05) is 6.07 Å². The van der Waals surface area contributed by atoms with Crippen LogP contribution >= 0.6 is 28.3 Å². The molecule has 2 fully saturated rings. The van der Waals surface area contributed by atoms with Gasteiger partial charge in [-0.25, -0.2) is 0 Å². The molecule has 0 unspecified atom stereocenters. The second-order valence-corrected chi connectivity index (χ2v) is 10.7. The number of aromatic nitrogens is 1. The van der Waals surface area contributed by atoms with Crippen LogP contribution in [0.2, 0.25) is 0 Å². The van der Waals surface area contributed by atoms with Crippen molar-refractivity contribution in [3.63, 3.8) is 0 Å². The van der Waals surface area contributed by atoms with Gasteiger partial charge in [0, 0.05) is 39.3 Å². The number of hydrogen-bond acceptors (Lipinski definition) is 5. The average molecular weight is 496 g/mol. The molecule has 1 aromatic heterocycles. The molecule has 0 atom stereocenters. The van der Waals surface area contributed by atoms with E-state index in [1.807, 2.05) is 0 Å². The Bertz CT molecular complexity index is 409. The van der Waals surface area contributed by atoms with Gasteiger partial charge in [-0.3, -0.25) is 14.8 Å². The first kappa shape index (κ1) is 19.8. The van der Waals surface area contributed by atoms with Crippen LogP contribution in [0.5, 0.6) is 0 Å². The molecule has 0 amide bonds. The zero-order valence-electron chi connectivity index (χ0n) is 13.1. The maximum Gasteiger partial charge on any atom is 0.0594 e. The van der Waals surface area contributed by atoms with E-state index >= 15 is 0 Å². The molecule has 0 aliphatic carbocycles. The monoisotopic (exact) mass is 494 g/mol. The minimum absolute atomic E-state index is 0.841. The molecule has 0 saturated carbocycles. The summed E-state index contributed by atoms with van der Waals surface area (Å²) in [5, 5.41) is 0. The maximum absolute atomic E-state index is 5.38. The third-order valence-electron chi connectivity index (χ3n) is 3.84. The minimum Gasteiger partial charge on any atom is -0.379 e. The van der Waals surface area contributed by atoms with E-state index in [2.05, 4.69) is 56.3 Å². The standard InChI is InChI=1S/C15H23N3O2.2BrH.Co/c1-2-14(12-17-4-8-19-9-5-17)16-15(3-1)13-18-6-10-20-11-7-18;;;/h1-3H,4-13H2;2*1H;/q;;;+2/p-2. The van der Waals surface area contributed by atoms with Crippen molar-refractivity contribution in [3.05, 3.63) is 29.6 Å². The van der Waals surface area contributed by atoms with Crippen molar-refractivity contribution in [2.75, 3.05) is 52.6 Å². The molecule has 23 heavy (non-hydrogen) atoms. The van der Waals surface area contributed by atoms with E-state index in [0.717, 1.165) is 88.2 Å². The predicted octanol–water partition coefficient (Wildman–Crippen LogP) is 2.43. The number of pyridine rings is 1. The van der Waals surface area contributed by atoms with Gasteiger partial charge in [0.2, 0.25) is 0 Å². The Morgan fingerprint density at radius 2 is 1.26 bits per heavy atom. The maximum atomic E-state index is 5.38. The van der Waals surface area contributed by atoms with Crippen LogP contribution in [0.1, 0.15) is 11.4 Å². The fourth-order valence-corrected chi connectivity index (χ4v) is 2.68. The molecule has 3 rings (SSSR count). The van der Waals surface area contributed by atoms with Crippen molar-refractivity contribution in [2.45, 2.75) is 13.1 Å². The van der Waals surface area contributed by atoms with E-state index in [9.17, 15) is 0 Å². The summed E-state index contributed by atoms with van der Waals surface area (Å²) in [7, 11) is 0.